The number of nitrogens with two attached hydrogens (primary N) is 3. The first-order valence-corrected chi connectivity index (χ1v) is 9.93. The summed E-state index contributed by atoms with van der Waals surface area (Å²) in [5, 5.41) is 16.7. The number of imidazole rings is 1. The predicted octanol–water partition coefficient (Wildman–Crippen LogP) is -3.09. The Kier molecular flexibility index (Phi) is 10.6. The molecule has 0 aromatic carbocycles. The van der Waals surface area contributed by atoms with Gasteiger partial charge >= 0.3 is 5.97 Å². The van der Waals surface area contributed by atoms with E-state index in [2.05, 4.69) is 30.9 Å². The zero-order valence-electron chi connectivity index (χ0n) is 18.0. The number of carboxylic acids is 1. The van der Waals surface area contributed by atoms with Crippen LogP contribution in [0.1, 0.15) is 32.4 Å². The highest BCUT2D eigenvalue weighted by molar-refractivity contribution is 5.93. The summed E-state index contributed by atoms with van der Waals surface area (Å²) in [6, 6.07) is -4.13. The van der Waals surface area contributed by atoms with Crippen molar-refractivity contribution in [3.63, 3.8) is 0 Å². The maximum absolute atomic E-state index is 12.7. The van der Waals surface area contributed by atoms with E-state index in [4.69, 9.17) is 17.2 Å². The van der Waals surface area contributed by atoms with Crippen molar-refractivity contribution < 1.29 is 24.3 Å². The number of carboxylic acid groups (broad SMARTS) is 1. The standard InChI is InChI=1S/C18H31N9O5/c1-9(19)14(28)27-13(6-11-7-22-8-24-11)16(30)25-10(2)15(29)26-12(17(31)32)4-3-5-23-18(20)21/h7-10,12-13H,3-6,19H2,1-2H3,(H,22,24)(H,25,30)(H,26,29)(H,27,28)(H,31,32)(H4,20,21,23). The minimum atomic E-state index is -1.23. The van der Waals surface area contributed by atoms with E-state index in [0.29, 0.717) is 12.1 Å². The van der Waals surface area contributed by atoms with E-state index in [1.165, 1.54) is 26.4 Å². The summed E-state index contributed by atoms with van der Waals surface area (Å²) >= 11 is 0. The average Bonchev–Trinajstić information content (AvgIpc) is 3.21. The molecule has 0 spiro atoms. The van der Waals surface area contributed by atoms with Crippen LogP contribution in [-0.2, 0) is 25.6 Å². The van der Waals surface area contributed by atoms with Gasteiger partial charge in [0.25, 0.3) is 0 Å². The van der Waals surface area contributed by atoms with Crippen LogP contribution in [-0.4, -0.2) is 75.4 Å². The van der Waals surface area contributed by atoms with Gasteiger partial charge in [0.15, 0.2) is 5.96 Å². The van der Waals surface area contributed by atoms with Crippen molar-refractivity contribution in [1.82, 2.24) is 25.9 Å². The molecule has 1 aromatic heterocycles. The second-order valence-electron chi connectivity index (χ2n) is 7.21. The van der Waals surface area contributed by atoms with Crippen LogP contribution >= 0.6 is 0 Å². The lowest BCUT2D eigenvalue weighted by Gasteiger charge is -2.22. The number of hydrogen-bond acceptors (Lipinski definition) is 7. The van der Waals surface area contributed by atoms with E-state index in [1.54, 1.807) is 0 Å². The van der Waals surface area contributed by atoms with Crippen molar-refractivity contribution in [2.45, 2.75) is 57.3 Å². The minimum Gasteiger partial charge on any atom is -0.480 e. The maximum atomic E-state index is 12.7. The second-order valence-corrected chi connectivity index (χ2v) is 7.21. The van der Waals surface area contributed by atoms with Crippen LogP contribution in [0, 0.1) is 0 Å². The van der Waals surface area contributed by atoms with Gasteiger partial charge in [-0.05, 0) is 26.7 Å². The Balaban J connectivity index is 2.72. The zero-order chi connectivity index (χ0) is 24.3. The van der Waals surface area contributed by atoms with Gasteiger partial charge in [-0.25, -0.2) is 9.78 Å². The van der Waals surface area contributed by atoms with Crippen LogP contribution in [0.5, 0.6) is 0 Å². The lowest BCUT2D eigenvalue weighted by Crippen LogP contribution is -2.56. The van der Waals surface area contributed by atoms with Crippen LogP contribution in [0.25, 0.3) is 0 Å². The topological polar surface area (TPSA) is 244 Å². The normalized spacial score (nSPS) is 14.3. The molecule has 3 amide bonds. The van der Waals surface area contributed by atoms with Gasteiger partial charge in [0.05, 0.1) is 12.4 Å². The lowest BCUT2D eigenvalue weighted by molar-refractivity contribution is -0.142. The summed E-state index contributed by atoms with van der Waals surface area (Å²) in [6.45, 7) is 3.07. The molecule has 14 nitrogen and oxygen atoms in total. The molecule has 14 heteroatoms. The van der Waals surface area contributed by atoms with Gasteiger partial charge in [0.2, 0.25) is 17.7 Å². The molecule has 0 aliphatic rings. The smallest absolute Gasteiger partial charge is 0.326 e. The highest BCUT2D eigenvalue weighted by Gasteiger charge is 2.28. The number of carbonyl (C=O) groups is 4. The van der Waals surface area contributed by atoms with Gasteiger partial charge in [-0.3, -0.25) is 19.4 Å². The highest BCUT2D eigenvalue weighted by Crippen LogP contribution is 2.02. The lowest BCUT2D eigenvalue weighted by atomic mass is 10.1. The molecule has 0 radical (unpaired) electrons. The Hall–Kier alpha value is -3.68. The van der Waals surface area contributed by atoms with Crippen molar-refractivity contribution >= 4 is 29.7 Å². The first-order chi connectivity index (χ1) is 15.0. The van der Waals surface area contributed by atoms with E-state index in [0.717, 1.165) is 0 Å². The molecule has 4 atom stereocenters. The van der Waals surface area contributed by atoms with Gasteiger partial charge in [-0.15, -0.1) is 0 Å². The Labute approximate surface area is 184 Å². The van der Waals surface area contributed by atoms with Crippen LogP contribution in [0.2, 0.25) is 0 Å². The molecule has 0 saturated carbocycles. The van der Waals surface area contributed by atoms with Crippen molar-refractivity contribution in [2.24, 2.45) is 22.2 Å². The number of hydrogen-bond donors (Lipinski definition) is 8. The number of aliphatic carboxylic acids is 1. The third-order valence-electron chi connectivity index (χ3n) is 4.34. The summed E-state index contributed by atoms with van der Waals surface area (Å²) in [5.41, 5.74) is 16.6. The number of aromatic nitrogens is 2. The van der Waals surface area contributed by atoms with Gasteiger partial charge in [-0.1, -0.05) is 0 Å². The molecule has 1 aromatic rings. The van der Waals surface area contributed by atoms with Crippen LogP contribution in [0.15, 0.2) is 17.5 Å². The molecule has 4 unspecified atom stereocenters. The third kappa shape index (κ3) is 9.42. The Morgan fingerprint density at radius 1 is 1.09 bits per heavy atom. The molecule has 1 rings (SSSR count). The molecule has 11 N–H and O–H groups in total. The molecule has 0 bridgehead atoms. The zero-order valence-corrected chi connectivity index (χ0v) is 18.0. The van der Waals surface area contributed by atoms with E-state index in [9.17, 15) is 24.3 Å². The summed E-state index contributed by atoms with van der Waals surface area (Å²) in [5.74, 6) is -3.24. The van der Waals surface area contributed by atoms with Gasteiger partial charge in [0, 0.05) is 24.9 Å². The molecule has 32 heavy (non-hydrogen) atoms. The van der Waals surface area contributed by atoms with E-state index in [1.807, 2.05) is 0 Å². The SMILES string of the molecule is CC(N)C(=O)NC(Cc1cnc[nH]1)C(=O)NC(C)C(=O)NC(CCCN=C(N)N)C(=O)O. The first-order valence-electron chi connectivity index (χ1n) is 9.93. The van der Waals surface area contributed by atoms with Gasteiger partial charge in [0.1, 0.15) is 18.1 Å². The van der Waals surface area contributed by atoms with E-state index >= 15 is 0 Å². The summed E-state index contributed by atoms with van der Waals surface area (Å²) in [7, 11) is 0. The quantitative estimate of drug-likeness (QED) is 0.0855. The molecular formula is C18H31N9O5. The number of nitrogens with one attached hydrogen (secondary N) is 4. The second kappa shape index (κ2) is 12.9. The number of aromatic amines is 1. The number of guanidine groups is 1. The van der Waals surface area contributed by atoms with Crippen LogP contribution < -0.4 is 33.2 Å². The largest absolute Gasteiger partial charge is 0.480 e. The van der Waals surface area contributed by atoms with Gasteiger partial charge in [-0.2, -0.15) is 0 Å². The fourth-order valence-electron chi connectivity index (χ4n) is 2.57. The number of amides is 3. The Bertz CT molecular complexity index is 806. The predicted molar refractivity (Wildman–Crippen MR) is 115 cm³/mol. The Morgan fingerprint density at radius 3 is 2.28 bits per heavy atom. The average molecular weight is 454 g/mol. The monoisotopic (exact) mass is 453 g/mol. The number of H-pyrrole nitrogens is 1. The third-order valence-corrected chi connectivity index (χ3v) is 4.34. The van der Waals surface area contributed by atoms with Crippen LogP contribution in [0.3, 0.4) is 0 Å². The number of aliphatic imine (C=N–C) groups is 1. The molecule has 0 fully saturated rings. The van der Waals surface area contributed by atoms with E-state index in [-0.39, 0.29) is 25.3 Å². The summed E-state index contributed by atoms with van der Waals surface area (Å²) in [6.07, 6.45) is 3.42. The fraction of sp³-hybridized carbons (Fsp3) is 0.556. The van der Waals surface area contributed by atoms with Crippen molar-refractivity contribution in [2.75, 3.05) is 6.54 Å². The molecule has 1 heterocycles. The van der Waals surface area contributed by atoms with Gasteiger partial charge < -0.3 is 43.2 Å². The van der Waals surface area contributed by atoms with Crippen LogP contribution in [0.4, 0.5) is 0 Å². The molecule has 0 saturated heterocycles. The molecular weight excluding hydrogens is 422 g/mol. The first kappa shape index (κ1) is 26.4. The number of carbonyl (C=O) groups excluding carboxylic acids is 3. The molecule has 0 aliphatic carbocycles. The number of nitrogens with zero attached hydrogens (tertiary/aromatic N) is 2. The van der Waals surface area contributed by atoms with Crippen molar-refractivity contribution in [3.8, 4) is 0 Å². The summed E-state index contributed by atoms with van der Waals surface area (Å²) in [4.78, 5) is 59.0. The van der Waals surface area contributed by atoms with Crippen molar-refractivity contribution in [3.05, 3.63) is 18.2 Å². The molecule has 0 aliphatic heterocycles. The highest BCUT2D eigenvalue weighted by atomic mass is 16.4. The number of rotatable bonds is 13. The van der Waals surface area contributed by atoms with E-state index < -0.39 is 47.9 Å². The summed E-state index contributed by atoms with van der Waals surface area (Å²) < 4.78 is 0. The maximum Gasteiger partial charge on any atom is 0.326 e. The fourth-order valence-corrected chi connectivity index (χ4v) is 2.57. The molecule has 178 valence electrons. The minimum absolute atomic E-state index is 0.0845. The van der Waals surface area contributed by atoms with Crippen molar-refractivity contribution in [1.29, 1.82) is 0 Å². The Morgan fingerprint density at radius 2 is 1.75 bits per heavy atom.